The first-order chi connectivity index (χ1) is 36.5. The third-order valence-electron chi connectivity index (χ3n) is 14.9. The van der Waals surface area contributed by atoms with Crippen LogP contribution in [0.5, 0.6) is 23.0 Å². The number of carbonyl (C=O) groups excluding carboxylic acids is 1. The maximum absolute atomic E-state index is 13.3. The predicted octanol–water partition coefficient (Wildman–Crippen LogP) is 12.7. The standard InChI is InChI=1S/C65H59NO8/c1-2-3-12-37-66-63(67)74-54(42-70-50-33-25-46(26-34-50)64(44-21-29-48(30-22-44)68-38-52-40-72-52)59-17-8-4-13-55(59)56-14-5-9-18-60(56)64)43-71-51-35-27-47(28-36-51)65(45-23-31-49(32-24-45)69-39-53-41-73-53)61-19-10-6-15-57(61)58-16-7-11-20-62(58)65/h4-11,13-36,52-54H,2-3,12,37-43H2,1H3,(H,66,67). The van der Waals surface area contributed by atoms with Gasteiger partial charge in [-0.2, -0.15) is 0 Å². The van der Waals surface area contributed by atoms with E-state index in [-0.39, 0.29) is 25.4 Å². The molecule has 0 bridgehead atoms. The monoisotopic (exact) mass is 981 g/mol. The summed E-state index contributed by atoms with van der Waals surface area (Å²) in [7, 11) is 0. The Morgan fingerprint density at radius 1 is 0.473 bits per heavy atom. The van der Waals surface area contributed by atoms with Crippen molar-refractivity contribution in [2.45, 2.75) is 55.3 Å². The van der Waals surface area contributed by atoms with Crippen LogP contribution in [-0.4, -0.2) is 70.6 Å². The van der Waals surface area contributed by atoms with E-state index in [1.165, 1.54) is 44.5 Å². The quantitative estimate of drug-likeness (QED) is 0.0561. The summed E-state index contributed by atoms with van der Waals surface area (Å²) in [4.78, 5) is 13.3. The number of hydrogen-bond donors (Lipinski definition) is 1. The number of epoxide rings is 2. The molecule has 2 aliphatic heterocycles. The lowest BCUT2D eigenvalue weighted by atomic mass is 9.68. The highest BCUT2D eigenvalue weighted by molar-refractivity contribution is 5.87. The molecule has 372 valence electrons. The van der Waals surface area contributed by atoms with Gasteiger partial charge in [-0.25, -0.2) is 4.79 Å². The molecule has 12 rings (SSSR count). The predicted molar refractivity (Wildman–Crippen MR) is 287 cm³/mol. The van der Waals surface area contributed by atoms with Gasteiger partial charge in [0.1, 0.15) is 61.6 Å². The minimum Gasteiger partial charge on any atom is -0.491 e. The molecule has 0 aromatic heterocycles. The number of carbonyl (C=O) groups is 1. The third kappa shape index (κ3) is 9.05. The molecule has 9 nitrogen and oxygen atoms in total. The molecule has 0 radical (unpaired) electrons. The molecule has 0 saturated carbocycles. The molecule has 1 amide bonds. The fourth-order valence-electron chi connectivity index (χ4n) is 11.2. The van der Waals surface area contributed by atoms with E-state index in [4.69, 9.17) is 33.2 Å². The summed E-state index contributed by atoms with van der Waals surface area (Å²) in [5.74, 6) is 2.92. The number of nitrogens with one attached hydrogen (secondary N) is 1. The van der Waals surface area contributed by atoms with Crippen molar-refractivity contribution in [2.75, 3.05) is 46.2 Å². The molecule has 8 aromatic rings. The van der Waals surface area contributed by atoms with Gasteiger partial charge in [-0.1, -0.05) is 165 Å². The smallest absolute Gasteiger partial charge is 0.407 e. The van der Waals surface area contributed by atoms with Gasteiger partial charge in [0.2, 0.25) is 0 Å². The topological polar surface area (TPSA) is 100 Å². The summed E-state index contributed by atoms with van der Waals surface area (Å²) in [6.45, 7) is 5.41. The molecule has 8 aromatic carbocycles. The highest BCUT2D eigenvalue weighted by atomic mass is 16.6. The van der Waals surface area contributed by atoms with E-state index in [2.05, 4.69) is 182 Å². The first-order valence-corrected chi connectivity index (χ1v) is 26.0. The zero-order chi connectivity index (χ0) is 49.9. The molecule has 2 saturated heterocycles. The van der Waals surface area contributed by atoms with E-state index < -0.39 is 23.0 Å². The number of rotatable bonds is 21. The van der Waals surface area contributed by atoms with Gasteiger partial charge in [0.25, 0.3) is 0 Å². The van der Waals surface area contributed by atoms with Gasteiger partial charge in [-0.3, -0.25) is 0 Å². The first kappa shape index (κ1) is 47.2. The zero-order valence-electron chi connectivity index (χ0n) is 41.5. The molecular formula is C65H59NO8. The Kier molecular flexibility index (Phi) is 13.1. The van der Waals surface area contributed by atoms with E-state index in [1.54, 1.807) is 0 Å². The van der Waals surface area contributed by atoms with E-state index >= 15 is 0 Å². The summed E-state index contributed by atoms with van der Waals surface area (Å²) in [6, 6.07) is 68.3. The Morgan fingerprint density at radius 2 is 0.797 bits per heavy atom. The third-order valence-corrected chi connectivity index (χ3v) is 14.9. The van der Waals surface area contributed by atoms with Crippen molar-refractivity contribution in [1.82, 2.24) is 5.32 Å². The van der Waals surface area contributed by atoms with E-state index in [9.17, 15) is 4.79 Å². The Hall–Kier alpha value is -7.85. The second-order valence-corrected chi connectivity index (χ2v) is 19.6. The Bertz CT molecular complexity index is 2940. The van der Waals surface area contributed by atoms with Crippen LogP contribution in [0.1, 0.15) is 70.7 Å². The van der Waals surface area contributed by atoms with Crippen molar-refractivity contribution in [3.05, 3.63) is 239 Å². The number of alkyl carbamates (subject to hydrolysis) is 1. The summed E-state index contributed by atoms with van der Waals surface area (Å²) in [6.07, 6.45) is 2.07. The van der Waals surface area contributed by atoms with Crippen molar-refractivity contribution in [3.8, 4) is 45.3 Å². The molecule has 2 unspecified atom stereocenters. The fraction of sp³-hybridized carbons (Fsp3) is 0.246. The normalized spacial score (nSPS) is 17.1. The van der Waals surface area contributed by atoms with Crippen molar-refractivity contribution in [1.29, 1.82) is 0 Å². The maximum atomic E-state index is 13.3. The molecule has 2 fully saturated rings. The lowest BCUT2D eigenvalue weighted by Crippen LogP contribution is -2.36. The molecular weight excluding hydrogens is 923 g/mol. The van der Waals surface area contributed by atoms with E-state index in [0.717, 1.165) is 66.2 Å². The lowest BCUT2D eigenvalue weighted by molar-refractivity contribution is 0.0355. The Balaban J connectivity index is 0.803. The lowest BCUT2D eigenvalue weighted by Gasteiger charge is -2.34. The van der Waals surface area contributed by atoms with Gasteiger partial charge >= 0.3 is 6.09 Å². The second-order valence-electron chi connectivity index (χ2n) is 19.6. The van der Waals surface area contributed by atoms with Gasteiger partial charge in [-0.15, -0.1) is 0 Å². The number of unbranched alkanes of at least 4 members (excludes halogenated alkanes) is 2. The average molecular weight is 982 g/mol. The molecule has 1 N–H and O–H groups in total. The summed E-state index contributed by atoms with van der Waals surface area (Å²) in [5, 5.41) is 2.93. The van der Waals surface area contributed by atoms with Crippen LogP contribution in [-0.2, 0) is 25.0 Å². The van der Waals surface area contributed by atoms with Gasteiger partial charge in [0, 0.05) is 6.54 Å². The number of amides is 1. The van der Waals surface area contributed by atoms with Crippen LogP contribution in [0.3, 0.4) is 0 Å². The summed E-state index contributed by atoms with van der Waals surface area (Å²) < 4.78 is 41.9. The number of ether oxygens (including phenoxy) is 7. The van der Waals surface area contributed by atoms with E-state index in [1.807, 2.05) is 24.3 Å². The zero-order valence-corrected chi connectivity index (χ0v) is 41.5. The fourth-order valence-corrected chi connectivity index (χ4v) is 11.2. The van der Waals surface area contributed by atoms with E-state index in [0.29, 0.717) is 31.3 Å². The number of hydrogen-bond acceptors (Lipinski definition) is 8. The highest BCUT2D eigenvalue weighted by Gasteiger charge is 2.47. The largest absolute Gasteiger partial charge is 0.491 e. The molecule has 4 aliphatic rings. The Morgan fingerprint density at radius 3 is 1.12 bits per heavy atom. The molecule has 9 heteroatoms. The number of fused-ring (bicyclic) bond motifs is 6. The van der Waals surface area contributed by atoms with Gasteiger partial charge < -0.3 is 38.5 Å². The van der Waals surface area contributed by atoms with Crippen LogP contribution < -0.4 is 24.3 Å². The minimum atomic E-state index is -0.722. The molecule has 2 atom stereocenters. The second kappa shape index (κ2) is 20.6. The van der Waals surface area contributed by atoms with Crippen molar-refractivity contribution in [3.63, 3.8) is 0 Å². The molecule has 0 spiro atoms. The van der Waals surface area contributed by atoms with Gasteiger partial charge in [0.05, 0.1) is 24.0 Å². The highest BCUT2D eigenvalue weighted by Crippen LogP contribution is 2.58. The first-order valence-electron chi connectivity index (χ1n) is 26.0. The van der Waals surface area contributed by atoms with Crippen molar-refractivity contribution < 1.29 is 38.0 Å². The number of benzene rings is 8. The van der Waals surface area contributed by atoms with Gasteiger partial charge in [-0.05, 0) is 122 Å². The maximum Gasteiger partial charge on any atom is 0.407 e. The van der Waals surface area contributed by atoms with Gasteiger partial charge in [0.15, 0.2) is 6.10 Å². The average Bonchev–Trinajstić information content (AvgIpc) is 4.43. The summed E-state index contributed by atoms with van der Waals surface area (Å²) >= 11 is 0. The molecule has 74 heavy (non-hydrogen) atoms. The van der Waals surface area contributed by atoms with Crippen LogP contribution >= 0.6 is 0 Å². The van der Waals surface area contributed by atoms with Crippen LogP contribution in [0.25, 0.3) is 22.3 Å². The van der Waals surface area contributed by atoms with Crippen molar-refractivity contribution >= 4 is 6.09 Å². The molecule has 2 heterocycles. The molecule has 2 aliphatic carbocycles. The van der Waals surface area contributed by atoms with Crippen LogP contribution in [0.4, 0.5) is 4.79 Å². The SMILES string of the molecule is CCCCCNC(=O)OC(COc1ccc(C2(c3ccc(OCC4CO4)cc3)c3ccccc3-c3ccccc32)cc1)COc1ccc(C2(c3ccc(OCC4CO4)cc3)c3ccccc3-c3ccccc32)cc1. The summed E-state index contributed by atoms with van der Waals surface area (Å²) in [5.41, 5.74) is 13.0. The Labute approximate surface area is 433 Å². The minimum absolute atomic E-state index is 0.0774. The van der Waals surface area contributed by atoms with Crippen LogP contribution in [0.2, 0.25) is 0 Å². The van der Waals surface area contributed by atoms with Crippen LogP contribution in [0.15, 0.2) is 194 Å². The van der Waals surface area contributed by atoms with Crippen LogP contribution in [0, 0.1) is 0 Å². The van der Waals surface area contributed by atoms with Crippen molar-refractivity contribution in [2.24, 2.45) is 0 Å².